The number of nitrogens with one attached hydrogen (secondary N) is 1. The first-order valence-electron chi connectivity index (χ1n) is 7.76. The van der Waals surface area contributed by atoms with Crippen molar-refractivity contribution in [2.75, 3.05) is 26.7 Å². The lowest BCUT2D eigenvalue weighted by molar-refractivity contribution is -0.130. The van der Waals surface area contributed by atoms with E-state index >= 15 is 0 Å². The average molecular weight is 357 g/mol. The molecule has 0 saturated heterocycles. The van der Waals surface area contributed by atoms with Gasteiger partial charge in [-0.2, -0.15) is 0 Å². The van der Waals surface area contributed by atoms with Crippen LogP contribution in [0.25, 0.3) is 0 Å². The molecule has 1 rings (SSSR count). The summed E-state index contributed by atoms with van der Waals surface area (Å²) in [5.74, 6) is 0.623. The van der Waals surface area contributed by atoms with E-state index in [4.69, 9.17) is 21.1 Å². The molecule has 0 atom stereocenters. The largest absolute Gasteiger partial charge is 0.492 e. The Kier molecular flexibility index (Phi) is 7.85. The number of ether oxygens (including phenoxy) is 2. The molecule has 6 nitrogen and oxygen atoms in total. The van der Waals surface area contributed by atoms with Gasteiger partial charge in [-0.25, -0.2) is 4.79 Å². The van der Waals surface area contributed by atoms with Crippen molar-refractivity contribution < 1.29 is 19.1 Å². The van der Waals surface area contributed by atoms with E-state index in [1.54, 1.807) is 57.0 Å². The monoisotopic (exact) mass is 356 g/mol. The van der Waals surface area contributed by atoms with Crippen LogP contribution in [-0.4, -0.2) is 49.2 Å². The second-order valence-electron chi connectivity index (χ2n) is 6.30. The van der Waals surface area contributed by atoms with Crippen LogP contribution < -0.4 is 10.1 Å². The van der Waals surface area contributed by atoms with E-state index in [2.05, 4.69) is 5.32 Å². The highest BCUT2D eigenvalue weighted by Crippen LogP contribution is 2.15. The molecule has 0 fully saturated rings. The Morgan fingerprint density at radius 1 is 1.21 bits per heavy atom. The Labute approximate surface area is 148 Å². The maximum absolute atomic E-state index is 12.0. The molecule has 2 amide bonds. The SMILES string of the molecule is CN(CCOc1ccc(Cl)cc1)C(=O)CCNC(=O)OC(C)(C)C. The zero-order chi connectivity index (χ0) is 18.2. The molecule has 0 aliphatic rings. The maximum atomic E-state index is 12.0. The first kappa shape index (κ1) is 20.1. The quantitative estimate of drug-likeness (QED) is 0.815. The molecule has 0 bridgehead atoms. The summed E-state index contributed by atoms with van der Waals surface area (Å²) in [4.78, 5) is 25.0. The van der Waals surface area contributed by atoms with Gasteiger partial charge in [0.2, 0.25) is 5.91 Å². The number of halogens is 1. The van der Waals surface area contributed by atoms with Gasteiger partial charge in [0.15, 0.2) is 0 Å². The zero-order valence-electron chi connectivity index (χ0n) is 14.6. The van der Waals surface area contributed by atoms with Gasteiger partial charge in [0.05, 0.1) is 6.54 Å². The lowest BCUT2D eigenvalue weighted by Gasteiger charge is -2.20. The van der Waals surface area contributed by atoms with Crippen molar-refractivity contribution in [3.05, 3.63) is 29.3 Å². The predicted molar refractivity (Wildman–Crippen MR) is 93.4 cm³/mol. The molecule has 1 aromatic carbocycles. The molecule has 134 valence electrons. The number of hydrogen-bond acceptors (Lipinski definition) is 4. The highest BCUT2D eigenvalue weighted by molar-refractivity contribution is 6.30. The van der Waals surface area contributed by atoms with Crippen LogP contribution in [-0.2, 0) is 9.53 Å². The third-order valence-electron chi connectivity index (χ3n) is 2.94. The first-order chi connectivity index (χ1) is 11.2. The van der Waals surface area contributed by atoms with Crippen molar-refractivity contribution in [2.24, 2.45) is 0 Å². The third-order valence-corrected chi connectivity index (χ3v) is 3.19. The van der Waals surface area contributed by atoms with Crippen LogP contribution in [0.5, 0.6) is 5.75 Å². The Balaban J connectivity index is 2.20. The van der Waals surface area contributed by atoms with E-state index in [-0.39, 0.29) is 18.9 Å². The summed E-state index contributed by atoms with van der Waals surface area (Å²) in [6, 6.07) is 7.03. The van der Waals surface area contributed by atoms with Crippen LogP contribution in [0.4, 0.5) is 4.79 Å². The molecule has 0 aliphatic carbocycles. The highest BCUT2D eigenvalue weighted by Gasteiger charge is 2.16. The van der Waals surface area contributed by atoms with Crippen molar-refractivity contribution in [1.82, 2.24) is 10.2 Å². The highest BCUT2D eigenvalue weighted by atomic mass is 35.5. The molecule has 0 aliphatic heterocycles. The Bertz CT molecular complexity index is 541. The van der Waals surface area contributed by atoms with Crippen LogP contribution in [0.15, 0.2) is 24.3 Å². The van der Waals surface area contributed by atoms with Crippen LogP contribution in [0.3, 0.4) is 0 Å². The molecule has 0 spiro atoms. The third kappa shape index (κ3) is 8.62. The van der Waals surface area contributed by atoms with Crippen LogP contribution >= 0.6 is 11.6 Å². The van der Waals surface area contributed by atoms with Crippen molar-refractivity contribution in [1.29, 1.82) is 0 Å². The number of rotatable bonds is 7. The van der Waals surface area contributed by atoms with Gasteiger partial charge in [0.1, 0.15) is 18.0 Å². The zero-order valence-corrected chi connectivity index (χ0v) is 15.4. The van der Waals surface area contributed by atoms with Crippen LogP contribution in [0, 0.1) is 0 Å². The fraction of sp³-hybridized carbons (Fsp3) is 0.529. The van der Waals surface area contributed by atoms with E-state index in [1.807, 2.05) is 0 Å². The van der Waals surface area contributed by atoms with E-state index < -0.39 is 11.7 Å². The minimum atomic E-state index is -0.552. The summed E-state index contributed by atoms with van der Waals surface area (Å²) in [6.07, 6.45) is -0.319. The molecular weight excluding hydrogens is 332 g/mol. The van der Waals surface area contributed by atoms with Gasteiger partial charge in [-0.3, -0.25) is 4.79 Å². The number of carbonyl (C=O) groups is 2. The number of benzene rings is 1. The molecular formula is C17H25ClN2O4. The van der Waals surface area contributed by atoms with Gasteiger partial charge in [-0.05, 0) is 45.0 Å². The lowest BCUT2D eigenvalue weighted by atomic mass is 10.2. The number of hydrogen-bond donors (Lipinski definition) is 1. The molecule has 0 unspecified atom stereocenters. The Hall–Kier alpha value is -1.95. The van der Waals surface area contributed by atoms with Gasteiger partial charge < -0.3 is 19.7 Å². The van der Waals surface area contributed by atoms with E-state index in [9.17, 15) is 9.59 Å². The molecule has 0 heterocycles. The fourth-order valence-corrected chi connectivity index (χ4v) is 1.86. The number of nitrogens with zero attached hydrogens (tertiary/aromatic N) is 1. The molecule has 0 aromatic heterocycles. The van der Waals surface area contributed by atoms with Gasteiger partial charge in [-0.15, -0.1) is 0 Å². The minimum Gasteiger partial charge on any atom is -0.492 e. The maximum Gasteiger partial charge on any atom is 0.407 e. The lowest BCUT2D eigenvalue weighted by Crippen LogP contribution is -2.36. The summed E-state index contributed by atoms with van der Waals surface area (Å²) < 4.78 is 10.6. The van der Waals surface area contributed by atoms with Crippen LogP contribution in [0.1, 0.15) is 27.2 Å². The second kappa shape index (κ2) is 9.37. The van der Waals surface area contributed by atoms with Crippen molar-refractivity contribution in [3.8, 4) is 5.75 Å². The summed E-state index contributed by atoms with van der Waals surface area (Å²) >= 11 is 5.80. The number of likely N-dealkylation sites (N-methyl/N-ethyl adjacent to an activating group) is 1. The molecule has 1 N–H and O–H groups in total. The van der Waals surface area contributed by atoms with E-state index in [0.717, 1.165) is 0 Å². The van der Waals surface area contributed by atoms with Gasteiger partial charge in [-0.1, -0.05) is 11.6 Å². The van der Waals surface area contributed by atoms with Crippen LogP contribution in [0.2, 0.25) is 5.02 Å². The molecule has 7 heteroatoms. The summed E-state index contributed by atoms with van der Waals surface area (Å²) in [5, 5.41) is 3.21. The summed E-state index contributed by atoms with van der Waals surface area (Å²) in [6.45, 7) is 6.41. The molecule has 0 radical (unpaired) electrons. The minimum absolute atomic E-state index is 0.0780. The van der Waals surface area contributed by atoms with Crippen molar-refractivity contribution >= 4 is 23.6 Å². The van der Waals surface area contributed by atoms with E-state index in [0.29, 0.717) is 23.9 Å². The first-order valence-corrected chi connectivity index (χ1v) is 8.14. The Morgan fingerprint density at radius 2 is 1.83 bits per heavy atom. The number of carbonyl (C=O) groups excluding carboxylic acids is 2. The number of alkyl carbamates (subject to hydrolysis) is 1. The number of amides is 2. The fourth-order valence-electron chi connectivity index (χ4n) is 1.73. The van der Waals surface area contributed by atoms with Gasteiger partial charge in [0, 0.05) is 25.0 Å². The molecule has 24 heavy (non-hydrogen) atoms. The topological polar surface area (TPSA) is 67.9 Å². The van der Waals surface area contributed by atoms with Crippen molar-refractivity contribution in [2.45, 2.75) is 32.8 Å². The summed E-state index contributed by atoms with van der Waals surface area (Å²) in [7, 11) is 1.70. The van der Waals surface area contributed by atoms with E-state index in [1.165, 1.54) is 0 Å². The van der Waals surface area contributed by atoms with Crippen molar-refractivity contribution in [3.63, 3.8) is 0 Å². The Morgan fingerprint density at radius 3 is 2.42 bits per heavy atom. The second-order valence-corrected chi connectivity index (χ2v) is 6.73. The van der Waals surface area contributed by atoms with Gasteiger partial charge >= 0.3 is 6.09 Å². The smallest absolute Gasteiger partial charge is 0.407 e. The normalized spacial score (nSPS) is 10.9. The average Bonchev–Trinajstić information content (AvgIpc) is 2.47. The van der Waals surface area contributed by atoms with Gasteiger partial charge in [0.25, 0.3) is 0 Å². The predicted octanol–water partition coefficient (Wildman–Crippen LogP) is 3.09. The standard InChI is InChI=1S/C17H25ClN2O4/c1-17(2,3)24-16(22)19-10-9-15(21)20(4)11-12-23-14-7-5-13(18)6-8-14/h5-8H,9-12H2,1-4H3,(H,19,22). The molecule has 0 saturated carbocycles. The summed E-state index contributed by atoms with van der Waals surface area (Å²) in [5.41, 5.74) is -0.552. The molecule has 1 aromatic rings.